The van der Waals surface area contributed by atoms with Crippen LogP contribution in [0.2, 0.25) is 0 Å². The van der Waals surface area contributed by atoms with Crippen LogP contribution in [0.15, 0.2) is 58.8 Å². The molecule has 2 aromatic rings. The SMILES string of the molecule is Nc1ccc(N=Nc2ccc(NS(=O)O)cc2)cc1. The molecule has 0 fully saturated rings. The van der Waals surface area contributed by atoms with Crippen LogP contribution in [0.1, 0.15) is 0 Å². The van der Waals surface area contributed by atoms with Crippen LogP contribution < -0.4 is 10.5 Å². The molecule has 4 N–H and O–H groups in total. The van der Waals surface area contributed by atoms with Gasteiger partial charge >= 0.3 is 0 Å². The number of nitrogens with zero attached hydrogens (tertiary/aromatic N) is 2. The number of rotatable bonds is 4. The Morgan fingerprint density at radius 3 is 1.89 bits per heavy atom. The van der Waals surface area contributed by atoms with Crippen molar-refractivity contribution in [1.82, 2.24) is 0 Å². The van der Waals surface area contributed by atoms with Gasteiger partial charge in [-0.1, -0.05) is 0 Å². The van der Waals surface area contributed by atoms with Crippen molar-refractivity contribution in [2.24, 2.45) is 10.2 Å². The summed E-state index contributed by atoms with van der Waals surface area (Å²) in [7, 11) is 0. The molecule has 6 nitrogen and oxygen atoms in total. The Morgan fingerprint density at radius 1 is 0.947 bits per heavy atom. The first kappa shape index (κ1) is 13.2. The number of hydrogen-bond acceptors (Lipinski definition) is 4. The predicted octanol–water partition coefficient (Wildman–Crippen LogP) is 3.23. The van der Waals surface area contributed by atoms with Gasteiger partial charge in [-0.15, -0.1) is 0 Å². The molecule has 1 atom stereocenters. The van der Waals surface area contributed by atoms with Crippen LogP contribution >= 0.6 is 0 Å². The number of benzene rings is 2. The molecule has 2 rings (SSSR count). The first-order valence-corrected chi connectivity index (χ1v) is 6.49. The van der Waals surface area contributed by atoms with Crippen LogP contribution in [0.3, 0.4) is 0 Å². The van der Waals surface area contributed by atoms with Gasteiger partial charge in [0.25, 0.3) is 11.3 Å². The second-order valence-corrected chi connectivity index (χ2v) is 4.39. The van der Waals surface area contributed by atoms with E-state index in [4.69, 9.17) is 10.3 Å². The molecule has 0 saturated heterocycles. The average Bonchev–Trinajstić information content (AvgIpc) is 2.39. The lowest BCUT2D eigenvalue weighted by atomic mass is 10.3. The lowest BCUT2D eigenvalue weighted by Gasteiger charge is -2.00. The van der Waals surface area contributed by atoms with Crippen LogP contribution in [0.25, 0.3) is 0 Å². The van der Waals surface area contributed by atoms with Gasteiger partial charge in [-0.2, -0.15) is 10.2 Å². The molecular weight excluding hydrogens is 264 g/mol. The van der Waals surface area contributed by atoms with E-state index >= 15 is 0 Å². The number of nitrogens with two attached hydrogens (primary N) is 1. The summed E-state index contributed by atoms with van der Waals surface area (Å²) in [6, 6.07) is 13.7. The molecule has 0 spiro atoms. The molecule has 2 aromatic carbocycles. The predicted molar refractivity (Wildman–Crippen MR) is 75.9 cm³/mol. The summed E-state index contributed by atoms with van der Waals surface area (Å²) in [6.45, 7) is 0. The van der Waals surface area contributed by atoms with E-state index in [9.17, 15) is 4.21 Å². The van der Waals surface area contributed by atoms with Gasteiger partial charge in [0, 0.05) is 11.4 Å². The first-order valence-electron chi connectivity index (χ1n) is 5.38. The maximum Gasteiger partial charge on any atom is 0.259 e. The number of nitrogens with one attached hydrogen (secondary N) is 1. The smallest absolute Gasteiger partial charge is 0.259 e. The molecule has 19 heavy (non-hydrogen) atoms. The minimum absolute atomic E-state index is 0.535. The highest BCUT2D eigenvalue weighted by Gasteiger charge is 1.96. The molecule has 0 aromatic heterocycles. The summed E-state index contributed by atoms with van der Waals surface area (Å²) < 4.78 is 21.6. The normalized spacial score (nSPS) is 12.5. The number of anilines is 2. The Kier molecular flexibility index (Phi) is 4.22. The standard InChI is InChI=1S/C12H12N4O2S/c13-9-1-3-10(4-2-9)14-15-11-5-7-12(8-6-11)16-19(17)18/h1-8,16H,13H2,(H,17,18). The van der Waals surface area contributed by atoms with Gasteiger partial charge in [0.15, 0.2) is 0 Å². The fourth-order valence-corrected chi connectivity index (χ4v) is 1.69. The molecule has 0 amide bonds. The summed E-state index contributed by atoms with van der Waals surface area (Å²) in [4.78, 5) is 0. The average molecular weight is 276 g/mol. The molecule has 1 unspecified atom stereocenters. The van der Waals surface area contributed by atoms with Gasteiger partial charge in [-0.05, 0) is 48.5 Å². The molecule has 0 saturated carbocycles. The van der Waals surface area contributed by atoms with E-state index in [0.29, 0.717) is 22.7 Å². The molecule has 0 radical (unpaired) electrons. The van der Waals surface area contributed by atoms with E-state index in [2.05, 4.69) is 15.0 Å². The Balaban J connectivity index is 2.06. The van der Waals surface area contributed by atoms with Gasteiger partial charge in [-0.3, -0.25) is 9.27 Å². The molecule has 0 aliphatic rings. The third-order valence-electron chi connectivity index (χ3n) is 2.25. The second-order valence-electron chi connectivity index (χ2n) is 3.69. The van der Waals surface area contributed by atoms with E-state index in [1.54, 1.807) is 48.5 Å². The van der Waals surface area contributed by atoms with E-state index < -0.39 is 11.3 Å². The van der Waals surface area contributed by atoms with Crippen molar-refractivity contribution in [3.05, 3.63) is 48.5 Å². The topological polar surface area (TPSA) is 100 Å². The minimum atomic E-state index is -2.07. The van der Waals surface area contributed by atoms with Crippen LogP contribution in [-0.4, -0.2) is 8.76 Å². The monoisotopic (exact) mass is 276 g/mol. The molecule has 98 valence electrons. The van der Waals surface area contributed by atoms with Gasteiger partial charge in [0.05, 0.1) is 11.4 Å². The summed E-state index contributed by atoms with van der Waals surface area (Å²) in [5.74, 6) is 0. The molecule has 7 heteroatoms. The zero-order chi connectivity index (χ0) is 13.7. The fraction of sp³-hybridized carbons (Fsp3) is 0. The quantitative estimate of drug-likeness (QED) is 0.454. The van der Waals surface area contributed by atoms with Gasteiger partial charge in [-0.25, -0.2) is 4.21 Å². The van der Waals surface area contributed by atoms with Crippen LogP contribution in [0.5, 0.6) is 0 Å². The van der Waals surface area contributed by atoms with Gasteiger partial charge in [0.1, 0.15) is 0 Å². The number of hydrogen-bond donors (Lipinski definition) is 3. The van der Waals surface area contributed by atoms with Crippen molar-refractivity contribution in [1.29, 1.82) is 0 Å². The van der Waals surface area contributed by atoms with Crippen LogP contribution in [0, 0.1) is 0 Å². The minimum Gasteiger partial charge on any atom is -0.399 e. The molecule has 0 aliphatic heterocycles. The van der Waals surface area contributed by atoms with Crippen molar-refractivity contribution in [2.75, 3.05) is 10.5 Å². The number of nitrogen functional groups attached to an aromatic ring is 1. The summed E-state index contributed by atoms with van der Waals surface area (Å²) in [5.41, 5.74) is 8.12. The van der Waals surface area contributed by atoms with E-state index in [0.717, 1.165) is 0 Å². The van der Waals surface area contributed by atoms with E-state index in [-0.39, 0.29) is 0 Å². The Labute approximate surface area is 112 Å². The fourth-order valence-electron chi connectivity index (χ4n) is 1.35. The Bertz CT molecular complexity index is 596. The molecule has 0 aliphatic carbocycles. The molecule has 0 heterocycles. The maximum absolute atomic E-state index is 10.5. The van der Waals surface area contributed by atoms with E-state index in [1.807, 2.05) is 0 Å². The number of azo groups is 1. The summed E-state index contributed by atoms with van der Waals surface area (Å²) >= 11 is -2.07. The highest BCUT2D eigenvalue weighted by atomic mass is 32.2. The van der Waals surface area contributed by atoms with Crippen molar-refractivity contribution >= 4 is 34.0 Å². The highest BCUT2D eigenvalue weighted by molar-refractivity contribution is 7.80. The second kappa shape index (κ2) is 6.07. The van der Waals surface area contributed by atoms with Gasteiger partial charge < -0.3 is 5.73 Å². The van der Waals surface area contributed by atoms with Crippen LogP contribution in [0.4, 0.5) is 22.7 Å². The third-order valence-corrected chi connectivity index (χ3v) is 2.66. The van der Waals surface area contributed by atoms with E-state index in [1.165, 1.54) is 0 Å². The van der Waals surface area contributed by atoms with Crippen molar-refractivity contribution in [2.45, 2.75) is 0 Å². The third kappa shape index (κ3) is 4.16. The van der Waals surface area contributed by atoms with Crippen LogP contribution in [-0.2, 0) is 11.3 Å². The van der Waals surface area contributed by atoms with Crippen molar-refractivity contribution in [3.63, 3.8) is 0 Å². The first-order chi connectivity index (χ1) is 9.13. The molecular formula is C12H12N4O2S. The zero-order valence-corrected chi connectivity index (χ0v) is 10.7. The lowest BCUT2D eigenvalue weighted by Crippen LogP contribution is -2.00. The lowest BCUT2D eigenvalue weighted by molar-refractivity contribution is 0.570. The summed E-state index contributed by atoms with van der Waals surface area (Å²) in [6.07, 6.45) is 0. The van der Waals surface area contributed by atoms with Crippen molar-refractivity contribution in [3.8, 4) is 0 Å². The Hall–Kier alpha value is -2.25. The summed E-state index contributed by atoms with van der Waals surface area (Å²) in [5, 5.41) is 8.09. The zero-order valence-electron chi connectivity index (χ0n) is 9.85. The highest BCUT2D eigenvalue weighted by Crippen LogP contribution is 2.21. The van der Waals surface area contributed by atoms with Gasteiger partial charge in [0.2, 0.25) is 0 Å². The Morgan fingerprint density at radius 2 is 1.42 bits per heavy atom. The maximum atomic E-state index is 10.5. The largest absolute Gasteiger partial charge is 0.399 e. The molecule has 0 bridgehead atoms. The van der Waals surface area contributed by atoms with Crippen molar-refractivity contribution < 1.29 is 8.76 Å².